The van der Waals surface area contributed by atoms with E-state index in [9.17, 15) is 14.4 Å². The second-order valence-corrected chi connectivity index (χ2v) is 7.78. The molecule has 2 aromatic carbocycles. The van der Waals surface area contributed by atoms with Crippen molar-refractivity contribution >= 4 is 17.9 Å². The molecule has 0 unspecified atom stereocenters. The fourth-order valence-corrected chi connectivity index (χ4v) is 4.09. The third kappa shape index (κ3) is 5.40. The molecule has 160 valence electrons. The molecule has 0 amide bonds. The Kier molecular flexibility index (Phi) is 7.61. The van der Waals surface area contributed by atoms with Crippen molar-refractivity contribution in [2.75, 3.05) is 6.61 Å². The Morgan fingerprint density at radius 1 is 0.968 bits per heavy atom. The first-order valence-corrected chi connectivity index (χ1v) is 10.7. The van der Waals surface area contributed by atoms with E-state index >= 15 is 0 Å². The van der Waals surface area contributed by atoms with Crippen molar-refractivity contribution in [1.82, 2.24) is 4.90 Å². The minimum Gasteiger partial charge on any atom is -0.466 e. The molecule has 0 saturated carbocycles. The molecule has 0 aromatic heterocycles. The van der Waals surface area contributed by atoms with E-state index in [4.69, 9.17) is 4.74 Å². The smallest absolute Gasteiger partial charge is 0.308 e. The molecule has 1 aliphatic rings. The average Bonchev–Trinajstić information content (AvgIpc) is 3.23. The lowest BCUT2D eigenvalue weighted by atomic mass is 9.93. The summed E-state index contributed by atoms with van der Waals surface area (Å²) in [5.74, 6) is 3.31. The molecule has 1 saturated heterocycles. The van der Waals surface area contributed by atoms with Crippen molar-refractivity contribution in [2.45, 2.75) is 45.6 Å². The van der Waals surface area contributed by atoms with Gasteiger partial charge in [0, 0.05) is 18.9 Å². The standard InChI is InChI=1S/C26H27NO4/c1-3-31-26(30)19(2)15-25(27-23(17-28)13-14-24(27)18-29)16-20-9-11-22(12-10-20)21-7-5-4-6-8-21/h4-12,19,25H,3,13-16H2,1-2H3/t19-,25+/m1/s1. The Hall–Kier alpha value is -3.39. The maximum absolute atomic E-state index is 12.2. The molecule has 0 bridgehead atoms. The van der Waals surface area contributed by atoms with E-state index in [0.29, 0.717) is 43.7 Å². The van der Waals surface area contributed by atoms with Crippen LogP contribution in [0, 0.1) is 5.92 Å². The maximum Gasteiger partial charge on any atom is 0.308 e. The second kappa shape index (κ2) is 10.6. The number of carbonyl (C=O) groups excluding carboxylic acids is 3. The van der Waals surface area contributed by atoms with Crippen LogP contribution in [0.15, 0.2) is 66.0 Å². The highest BCUT2D eigenvalue weighted by Crippen LogP contribution is 2.33. The summed E-state index contributed by atoms with van der Waals surface area (Å²) in [6.07, 6.45) is 1.96. The zero-order chi connectivity index (χ0) is 22.2. The number of hydrogen-bond acceptors (Lipinski definition) is 5. The van der Waals surface area contributed by atoms with Gasteiger partial charge in [-0.3, -0.25) is 4.79 Å². The topological polar surface area (TPSA) is 63.7 Å². The van der Waals surface area contributed by atoms with Crippen molar-refractivity contribution < 1.29 is 19.1 Å². The molecule has 3 rings (SSSR count). The van der Waals surface area contributed by atoms with E-state index in [0.717, 1.165) is 16.7 Å². The minimum absolute atomic E-state index is 0.239. The zero-order valence-corrected chi connectivity index (χ0v) is 18.0. The Morgan fingerprint density at radius 3 is 2.10 bits per heavy atom. The highest BCUT2D eigenvalue weighted by Gasteiger charge is 2.33. The van der Waals surface area contributed by atoms with Gasteiger partial charge in [0.15, 0.2) is 0 Å². The molecular formula is C26H27NO4. The van der Waals surface area contributed by atoms with Gasteiger partial charge in [-0.05, 0) is 36.5 Å². The highest BCUT2D eigenvalue weighted by atomic mass is 16.5. The number of ether oxygens (including phenoxy) is 1. The van der Waals surface area contributed by atoms with Gasteiger partial charge in [0.2, 0.25) is 0 Å². The lowest BCUT2D eigenvalue weighted by Gasteiger charge is -2.31. The molecule has 5 heteroatoms. The van der Waals surface area contributed by atoms with Gasteiger partial charge in [-0.2, -0.15) is 0 Å². The molecule has 2 aromatic rings. The monoisotopic (exact) mass is 417 g/mol. The van der Waals surface area contributed by atoms with E-state index in [1.165, 1.54) is 0 Å². The van der Waals surface area contributed by atoms with Crippen molar-refractivity contribution in [2.24, 2.45) is 5.92 Å². The summed E-state index contributed by atoms with van der Waals surface area (Å²) >= 11 is 0. The molecule has 31 heavy (non-hydrogen) atoms. The van der Waals surface area contributed by atoms with Crippen LogP contribution in [-0.2, 0) is 25.5 Å². The summed E-state index contributed by atoms with van der Waals surface area (Å²) in [6.45, 7) is 3.91. The normalized spacial score (nSPS) is 15.2. The van der Waals surface area contributed by atoms with Crippen LogP contribution in [0.25, 0.3) is 11.1 Å². The lowest BCUT2D eigenvalue weighted by Crippen LogP contribution is -2.36. The van der Waals surface area contributed by atoms with Crippen LogP contribution >= 0.6 is 0 Å². The number of esters is 1. The lowest BCUT2D eigenvalue weighted by molar-refractivity contribution is -0.148. The summed E-state index contributed by atoms with van der Waals surface area (Å²) in [5.41, 5.74) is 4.20. The summed E-state index contributed by atoms with van der Waals surface area (Å²) in [6, 6.07) is 18.1. The predicted molar refractivity (Wildman–Crippen MR) is 119 cm³/mol. The highest BCUT2D eigenvalue weighted by molar-refractivity contribution is 5.72. The molecule has 2 atom stereocenters. The second-order valence-electron chi connectivity index (χ2n) is 7.78. The number of hydrogen-bond donors (Lipinski definition) is 0. The number of likely N-dealkylation sites (tertiary alicyclic amines) is 1. The largest absolute Gasteiger partial charge is 0.466 e. The van der Waals surface area contributed by atoms with E-state index < -0.39 is 0 Å². The van der Waals surface area contributed by atoms with Crippen LogP contribution in [-0.4, -0.2) is 35.4 Å². The first-order valence-electron chi connectivity index (χ1n) is 10.7. The van der Waals surface area contributed by atoms with Gasteiger partial charge >= 0.3 is 5.97 Å². The quantitative estimate of drug-likeness (QED) is 0.471. The van der Waals surface area contributed by atoms with Crippen molar-refractivity contribution in [3.63, 3.8) is 0 Å². The number of allylic oxidation sites excluding steroid dienone is 2. The predicted octanol–water partition coefficient (Wildman–Crippen LogP) is 4.38. The van der Waals surface area contributed by atoms with Gasteiger partial charge in [-0.15, -0.1) is 0 Å². The van der Waals surface area contributed by atoms with E-state index in [2.05, 4.69) is 36.4 Å². The average molecular weight is 418 g/mol. The first-order chi connectivity index (χ1) is 15.1. The van der Waals surface area contributed by atoms with Crippen LogP contribution < -0.4 is 0 Å². The summed E-state index contributed by atoms with van der Waals surface area (Å²) in [7, 11) is 0. The van der Waals surface area contributed by atoms with Crippen LogP contribution in [0.2, 0.25) is 0 Å². The van der Waals surface area contributed by atoms with Gasteiger partial charge in [-0.1, -0.05) is 61.5 Å². The van der Waals surface area contributed by atoms with Crippen LogP contribution in [0.5, 0.6) is 0 Å². The molecule has 1 heterocycles. The van der Waals surface area contributed by atoms with Gasteiger partial charge in [0.05, 0.1) is 12.5 Å². The Labute approximate surface area is 183 Å². The van der Waals surface area contributed by atoms with E-state index in [1.54, 1.807) is 11.8 Å². The van der Waals surface area contributed by atoms with Crippen molar-refractivity contribution in [3.05, 3.63) is 71.6 Å². The Bertz CT molecular complexity index is 973. The van der Waals surface area contributed by atoms with Crippen LogP contribution in [0.1, 0.15) is 38.7 Å². The van der Waals surface area contributed by atoms with E-state index in [1.807, 2.05) is 37.0 Å². The number of nitrogens with zero attached hydrogens (tertiary/aromatic N) is 1. The molecule has 0 N–H and O–H groups in total. The molecule has 1 fully saturated rings. The van der Waals surface area contributed by atoms with Crippen molar-refractivity contribution in [1.29, 1.82) is 0 Å². The summed E-state index contributed by atoms with van der Waals surface area (Å²) in [5, 5.41) is 0. The summed E-state index contributed by atoms with van der Waals surface area (Å²) in [4.78, 5) is 37.0. The van der Waals surface area contributed by atoms with Gasteiger partial charge < -0.3 is 9.64 Å². The molecule has 0 aliphatic carbocycles. The third-order valence-electron chi connectivity index (χ3n) is 5.63. The van der Waals surface area contributed by atoms with Crippen LogP contribution in [0.3, 0.4) is 0 Å². The fourth-order valence-electron chi connectivity index (χ4n) is 4.09. The minimum atomic E-state index is -0.366. The first kappa shape index (κ1) is 22.3. The number of rotatable bonds is 8. The van der Waals surface area contributed by atoms with Gasteiger partial charge in [0.1, 0.15) is 23.3 Å². The summed E-state index contributed by atoms with van der Waals surface area (Å²) < 4.78 is 5.16. The molecular weight excluding hydrogens is 390 g/mol. The molecule has 1 aliphatic heterocycles. The molecule has 5 nitrogen and oxygen atoms in total. The van der Waals surface area contributed by atoms with Crippen LogP contribution in [0.4, 0.5) is 0 Å². The SMILES string of the molecule is CCOC(=O)[C@H](C)C[C@@H](Cc1ccc(-c2ccccc2)cc1)N1C(=C=O)CCC1=C=O. The number of benzene rings is 2. The molecule has 0 spiro atoms. The van der Waals surface area contributed by atoms with E-state index in [-0.39, 0.29) is 17.9 Å². The number of carbonyl (C=O) groups is 1. The van der Waals surface area contributed by atoms with Crippen molar-refractivity contribution in [3.8, 4) is 11.1 Å². The van der Waals surface area contributed by atoms with Gasteiger partial charge in [-0.25, -0.2) is 9.59 Å². The molecule has 0 radical (unpaired) electrons. The third-order valence-corrected chi connectivity index (χ3v) is 5.63. The zero-order valence-electron chi connectivity index (χ0n) is 18.0. The van der Waals surface area contributed by atoms with Gasteiger partial charge in [0.25, 0.3) is 0 Å². The Balaban J connectivity index is 1.86. The maximum atomic E-state index is 12.2. The fraction of sp³-hybridized carbons (Fsp3) is 0.346. The Morgan fingerprint density at radius 2 is 1.55 bits per heavy atom.